The molecular formula is C14H21BN2O. The van der Waals surface area contributed by atoms with Crippen molar-refractivity contribution in [3.05, 3.63) is 35.9 Å². The first-order valence-corrected chi connectivity index (χ1v) is 6.55. The monoisotopic (exact) mass is 244 g/mol. The fraction of sp³-hybridized carbons (Fsp3) is 0.500. The van der Waals surface area contributed by atoms with Crippen molar-refractivity contribution in [2.24, 2.45) is 0 Å². The van der Waals surface area contributed by atoms with Crippen molar-refractivity contribution in [2.75, 3.05) is 32.6 Å². The molecule has 1 heterocycles. The van der Waals surface area contributed by atoms with Gasteiger partial charge in [-0.25, -0.2) is 0 Å². The maximum absolute atomic E-state index is 10.0. The van der Waals surface area contributed by atoms with Crippen LogP contribution in [0.4, 0.5) is 0 Å². The Labute approximate surface area is 110 Å². The molecule has 4 heteroatoms. The first-order valence-electron chi connectivity index (χ1n) is 6.55. The Morgan fingerprint density at radius 1 is 1.17 bits per heavy atom. The first-order chi connectivity index (χ1) is 8.78. The number of hydrogen-bond acceptors (Lipinski definition) is 3. The molecule has 1 aliphatic rings. The molecule has 1 aromatic rings. The van der Waals surface area contributed by atoms with Crippen molar-refractivity contribution in [3.8, 4) is 0 Å². The van der Waals surface area contributed by atoms with Gasteiger partial charge in [0, 0.05) is 0 Å². The second-order valence-electron chi connectivity index (χ2n) is 4.92. The van der Waals surface area contributed by atoms with Crippen LogP contribution in [0.1, 0.15) is 5.56 Å². The van der Waals surface area contributed by atoms with Crippen LogP contribution in [-0.2, 0) is 6.54 Å². The summed E-state index contributed by atoms with van der Waals surface area (Å²) in [5.74, 6) is 0. The summed E-state index contributed by atoms with van der Waals surface area (Å²) in [7, 11) is 0. The molecular weight excluding hydrogens is 223 g/mol. The van der Waals surface area contributed by atoms with Gasteiger partial charge in [0.25, 0.3) is 0 Å². The van der Waals surface area contributed by atoms with E-state index in [4.69, 9.17) is 0 Å². The molecule has 3 nitrogen and oxygen atoms in total. The summed E-state index contributed by atoms with van der Waals surface area (Å²) < 4.78 is 0. The van der Waals surface area contributed by atoms with Gasteiger partial charge < -0.3 is 0 Å². The second kappa shape index (κ2) is 6.83. The standard InChI is InChI=1S/C14H21BN2O/c1-15-12-17-8-7-16(10-14(18)11-17)9-13-5-3-2-4-6-13/h2-6,14,18H,1,7-12H2. The van der Waals surface area contributed by atoms with Gasteiger partial charge >= 0.3 is 109 Å². The van der Waals surface area contributed by atoms with E-state index in [1.165, 1.54) is 5.56 Å². The molecule has 1 N–H and O–H groups in total. The minimum absolute atomic E-state index is 0.267. The summed E-state index contributed by atoms with van der Waals surface area (Å²) in [6, 6.07) is 10.4. The van der Waals surface area contributed by atoms with Crippen LogP contribution in [-0.4, -0.2) is 67.0 Å². The van der Waals surface area contributed by atoms with E-state index in [9.17, 15) is 5.11 Å². The minimum atomic E-state index is -0.267. The third-order valence-electron chi connectivity index (χ3n) is 3.31. The summed E-state index contributed by atoms with van der Waals surface area (Å²) >= 11 is 0. The van der Waals surface area contributed by atoms with Crippen LogP contribution in [0, 0.1) is 0 Å². The quantitative estimate of drug-likeness (QED) is 0.769. The van der Waals surface area contributed by atoms with E-state index in [-0.39, 0.29) is 6.10 Å². The van der Waals surface area contributed by atoms with Gasteiger partial charge in [0.2, 0.25) is 0 Å². The number of rotatable bonds is 4. The van der Waals surface area contributed by atoms with Crippen LogP contribution in [0.3, 0.4) is 0 Å². The Balaban J connectivity index is 1.92. The summed E-state index contributed by atoms with van der Waals surface area (Å²) in [5.41, 5.74) is 1.31. The van der Waals surface area contributed by atoms with E-state index >= 15 is 0 Å². The molecule has 1 aliphatic heterocycles. The average Bonchev–Trinajstić information content (AvgIpc) is 2.53. The Kier molecular flexibility index (Phi) is 5.11. The molecule has 0 radical (unpaired) electrons. The summed E-state index contributed by atoms with van der Waals surface area (Å²) in [4.78, 5) is 4.58. The van der Waals surface area contributed by atoms with E-state index in [2.05, 4.69) is 40.5 Å². The van der Waals surface area contributed by atoms with E-state index in [0.717, 1.165) is 39.2 Å². The molecule has 1 fully saturated rings. The van der Waals surface area contributed by atoms with Crippen molar-refractivity contribution in [2.45, 2.75) is 12.6 Å². The van der Waals surface area contributed by atoms with Gasteiger partial charge in [0.15, 0.2) is 0 Å². The molecule has 0 spiro atoms. The van der Waals surface area contributed by atoms with E-state index < -0.39 is 0 Å². The Morgan fingerprint density at radius 3 is 2.56 bits per heavy atom. The van der Waals surface area contributed by atoms with E-state index in [0.29, 0.717) is 0 Å². The van der Waals surface area contributed by atoms with Gasteiger partial charge in [-0.2, -0.15) is 0 Å². The number of aliphatic hydroxyl groups is 1. The van der Waals surface area contributed by atoms with E-state index in [1.807, 2.05) is 13.0 Å². The van der Waals surface area contributed by atoms with Crippen LogP contribution in [0.15, 0.2) is 30.3 Å². The predicted octanol–water partition coefficient (Wildman–Crippen LogP) is 0.259. The molecule has 1 saturated heterocycles. The molecule has 0 aliphatic carbocycles. The van der Waals surface area contributed by atoms with Crippen molar-refractivity contribution >= 4 is 13.4 Å². The summed E-state index contributed by atoms with van der Waals surface area (Å²) in [6.07, 6.45) is 0.590. The summed E-state index contributed by atoms with van der Waals surface area (Å²) in [6.45, 7) is 10.1. The van der Waals surface area contributed by atoms with Crippen LogP contribution in [0.25, 0.3) is 0 Å². The Hall–Kier alpha value is -0.965. The van der Waals surface area contributed by atoms with Gasteiger partial charge in [-0.3, -0.25) is 0 Å². The van der Waals surface area contributed by atoms with Crippen molar-refractivity contribution < 1.29 is 5.11 Å². The van der Waals surface area contributed by atoms with Gasteiger partial charge in [0.05, 0.1) is 0 Å². The predicted molar refractivity (Wildman–Crippen MR) is 77.0 cm³/mol. The topological polar surface area (TPSA) is 26.7 Å². The fourth-order valence-electron chi connectivity index (χ4n) is 2.45. The molecule has 0 bridgehead atoms. The molecule has 0 saturated carbocycles. The molecule has 96 valence electrons. The number of β-amino-alcohol motifs (C(OH)–C–C–N with tert-alkyl or cyclic N) is 1. The molecule has 1 unspecified atom stereocenters. The zero-order valence-corrected chi connectivity index (χ0v) is 10.8. The number of aliphatic hydroxyl groups excluding tert-OH is 1. The molecule has 1 atom stereocenters. The van der Waals surface area contributed by atoms with E-state index in [1.54, 1.807) is 0 Å². The Bertz CT molecular complexity index is 371. The third-order valence-corrected chi connectivity index (χ3v) is 3.31. The molecule has 0 aromatic heterocycles. The maximum atomic E-state index is 10.0. The second-order valence-corrected chi connectivity index (χ2v) is 4.92. The van der Waals surface area contributed by atoms with Gasteiger partial charge in [0.1, 0.15) is 0 Å². The first kappa shape index (κ1) is 13.5. The summed E-state index contributed by atoms with van der Waals surface area (Å²) in [5, 5.41) is 10.0. The molecule has 1 aromatic carbocycles. The van der Waals surface area contributed by atoms with Crippen molar-refractivity contribution in [1.29, 1.82) is 0 Å². The third kappa shape index (κ3) is 4.05. The average molecular weight is 244 g/mol. The zero-order chi connectivity index (χ0) is 12.8. The molecule has 2 rings (SSSR count). The fourth-order valence-corrected chi connectivity index (χ4v) is 2.45. The van der Waals surface area contributed by atoms with Crippen molar-refractivity contribution in [1.82, 2.24) is 9.80 Å². The Morgan fingerprint density at radius 2 is 1.83 bits per heavy atom. The van der Waals surface area contributed by atoms with Gasteiger partial charge in [-0.1, -0.05) is 0 Å². The van der Waals surface area contributed by atoms with Gasteiger partial charge in [-0.05, 0) is 0 Å². The van der Waals surface area contributed by atoms with Crippen LogP contribution in [0.2, 0.25) is 0 Å². The van der Waals surface area contributed by atoms with Crippen LogP contribution < -0.4 is 0 Å². The number of hydrogen-bond donors (Lipinski definition) is 1. The normalized spacial score (nSPS) is 22.4. The molecule has 0 amide bonds. The van der Waals surface area contributed by atoms with Crippen LogP contribution >= 0.6 is 0 Å². The molecule has 18 heavy (non-hydrogen) atoms. The SMILES string of the molecule is C=BCN1CCN(Cc2ccccc2)CC(O)C1. The number of nitrogens with zero attached hydrogens (tertiary/aromatic N) is 2. The van der Waals surface area contributed by atoms with Crippen molar-refractivity contribution in [3.63, 3.8) is 0 Å². The zero-order valence-electron chi connectivity index (χ0n) is 10.8. The van der Waals surface area contributed by atoms with Crippen LogP contribution in [0.5, 0.6) is 0 Å². The number of benzene rings is 1. The van der Waals surface area contributed by atoms with Gasteiger partial charge in [-0.15, -0.1) is 0 Å².